The van der Waals surface area contributed by atoms with Crippen LogP contribution in [0.25, 0.3) is 0 Å². The zero-order valence-corrected chi connectivity index (χ0v) is 21.2. The molecule has 2 aromatic rings. The molecule has 180 valence electrons. The molecule has 0 atom stereocenters. The van der Waals surface area contributed by atoms with Crippen LogP contribution in [-0.4, -0.2) is 49.5 Å². The van der Waals surface area contributed by atoms with Crippen LogP contribution in [0.5, 0.6) is 0 Å². The van der Waals surface area contributed by atoms with Crippen molar-refractivity contribution in [1.82, 2.24) is 0 Å². The molecule has 0 fully saturated rings. The minimum atomic E-state index is -0.00386. The molecule has 0 spiro atoms. The van der Waals surface area contributed by atoms with Crippen molar-refractivity contribution in [3.63, 3.8) is 0 Å². The Bertz CT molecular complexity index is 776. The maximum absolute atomic E-state index is 12.2. The second kappa shape index (κ2) is 14.5. The summed E-state index contributed by atoms with van der Waals surface area (Å²) in [6, 6.07) is 15.9. The van der Waals surface area contributed by atoms with E-state index in [0.29, 0.717) is 24.3 Å². The van der Waals surface area contributed by atoms with E-state index < -0.39 is 0 Å². The smallest absolute Gasteiger partial charge is 0.225 e. The lowest BCUT2D eigenvalue weighted by atomic mass is 10.2. The van der Waals surface area contributed by atoms with Crippen molar-refractivity contribution in [2.45, 2.75) is 40.5 Å². The fraction of sp³-hybridized carbons (Fsp3) is 0.462. The first kappa shape index (κ1) is 26.6. The molecular formula is C26H38N4O2S. The third-order valence-corrected chi connectivity index (χ3v) is 6.49. The number of nitrogens with one attached hydrogen (secondary N) is 2. The van der Waals surface area contributed by atoms with Gasteiger partial charge in [-0.05, 0) is 76.2 Å². The molecule has 0 bridgehead atoms. The highest BCUT2D eigenvalue weighted by atomic mass is 32.2. The standard InChI is InChI=1S/C26H38N4O2S/c1-5-29(6-2)23-13-9-21(10-14-23)27-25(31)17-19-33-20-18-26(32)28-22-11-15-24(16-12-22)30(7-3)8-4/h9-16H,5-8,17-20H2,1-4H3,(H,27,31)(H,28,32). The number of hydrogen-bond donors (Lipinski definition) is 2. The molecular weight excluding hydrogens is 432 g/mol. The van der Waals surface area contributed by atoms with Gasteiger partial charge in [0.15, 0.2) is 0 Å². The van der Waals surface area contributed by atoms with Crippen LogP contribution in [0.4, 0.5) is 22.7 Å². The summed E-state index contributed by atoms with van der Waals surface area (Å²) in [7, 11) is 0. The van der Waals surface area contributed by atoms with Gasteiger partial charge in [0.1, 0.15) is 0 Å². The Morgan fingerprint density at radius 2 is 0.970 bits per heavy atom. The average Bonchev–Trinajstić information content (AvgIpc) is 2.82. The maximum Gasteiger partial charge on any atom is 0.225 e. The van der Waals surface area contributed by atoms with Gasteiger partial charge < -0.3 is 20.4 Å². The van der Waals surface area contributed by atoms with Gasteiger partial charge in [-0.15, -0.1) is 0 Å². The van der Waals surface area contributed by atoms with E-state index in [-0.39, 0.29) is 11.8 Å². The SMILES string of the molecule is CCN(CC)c1ccc(NC(=O)CCSCCC(=O)Nc2ccc(N(CC)CC)cc2)cc1. The number of anilines is 4. The van der Waals surface area contributed by atoms with Crippen LogP contribution >= 0.6 is 11.8 Å². The Labute approximate surface area is 203 Å². The molecule has 0 radical (unpaired) electrons. The van der Waals surface area contributed by atoms with E-state index in [0.717, 1.165) is 48.9 Å². The maximum atomic E-state index is 12.2. The first-order valence-electron chi connectivity index (χ1n) is 11.9. The van der Waals surface area contributed by atoms with Gasteiger partial charge in [0.2, 0.25) is 11.8 Å². The lowest BCUT2D eigenvalue weighted by Crippen LogP contribution is -2.21. The third-order valence-electron chi connectivity index (χ3n) is 5.51. The van der Waals surface area contributed by atoms with Crippen LogP contribution in [0.15, 0.2) is 48.5 Å². The average molecular weight is 471 g/mol. The lowest BCUT2D eigenvalue weighted by molar-refractivity contribution is -0.116. The normalized spacial score (nSPS) is 10.5. The van der Waals surface area contributed by atoms with Crippen LogP contribution in [0.3, 0.4) is 0 Å². The van der Waals surface area contributed by atoms with E-state index in [1.54, 1.807) is 11.8 Å². The number of hydrogen-bond acceptors (Lipinski definition) is 5. The molecule has 2 N–H and O–H groups in total. The van der Waals surface area contributed by atoms with Crippen molar-refractivity contribution >= 4 is 46.3 Å². The molecule has 7 heteroatoms. The quantitative estimate of drug-likeness (QED) is 0.359. The number of carbonyl (C=O) groups excluding carboxylic acids is 2. The van der Waals surface area contributed by atoms with Crippen LogP contribution in [0.2, 0.25) is 0 Å². The van der Waals surface area contributed by atoms with E-state index in [9.17, 15) is 9.59 Å². The van der Waals surface area contributed by atoms with Gasteiger partial charge in [0.25, 0.3) is 0 Å². The van der Waals surface area contributed by atoms with Crippen molar-refractivity contribution in [1.29, 1.82) is 0 Å². The molecule has 33 heavy (non-hydrogen) atoms. The molecule has 0 aliphatic heterocycles. The largest absolute Gasteiger partial charge is 0.372 e. The van der Waals surface area contributed by atoms with Gasteiger partial charge in [-0.2, -0.15) is 11.8 Å². The Hall–Kier alpha value is -2.67. The highest BCUT2D eigenvalue weighted by Gasteiger charge is 2.07. The summed E-state index contributed by atoms with van der Waals surface area (Å²) in [5.74, 6) is 1.37. The van der Waals surface area contributed by atoms with E-state index in [1.165, 1.54) is 0 Å². The van der Waals surface area contributed by atoms with Gasteiger partial charge in [0, 0.05) is 73.3 Å². The van der Waals surface area contributed by atoms with Crippen molar-refractivity contribution < 1.29 is 9.59 Å². The lowest BCUT2D eigenvalue weighted by Gasteiger charge is -2.21. The molecule has 0 heterocycles. The van der Waals surface area contributed by atoms with E-state index in [1.807, 2.05) is 48.5 Å². The van der Waals surface area contributed by atoms with Crippen molar-refractivity contribution in [2.24, 2.45) is 0 Å². The summed E-state index contributed by atoms with van der Waals surface area (Å²) in [5, 5.41) is 5.89. The Morgan fingerprint density at radius 3 is 1.27 bits per heavy atom. The number of amides is 2. The molecule has 2 amide bonds. The monoisotopic (exact) mass is 470 g/mol. The van der Waals surface area contributed by atoms with E-state index >= 15 is 0 Å². The predicted octanol–water partition coefficient (Wildman–Crippen LogP) is 5.47. The van der Waals surface area contributed by atoms with E-state index in [4.69, 9.17) is 0 Å². The number of nitrogens with zero attached hydrogens (tertiary/aromatic N) is 2. The first-order chi connectivity index (χ1) is 16.0. The van der Waals surface area contributed by atoms with Crippen molar-refractivity contribution in [3.05, 3.63) is 48.5 Å². The summed E-state index contributed by atoms with van der Waals surface area (Å²) in [5.41, 5.74) is 3.94. The second-order valence-electron chi connectivity index (χ2n) is 7.65. The summed E-state index contributed by atoms with van der Waals surface area (Å²) >= 11 is 1.62. The van der Waals surface area contributed by atoms with Gasteiger partial charge in [0.05, 0.1) is 0 Å². The fourth-order valence-corrected chi connectivity index (χ4v) is 4.43. The molecule has 2 rings (SSSR count). The van der Waals surface area contributed by atoms with Crippen molar-refractivity contribution in [3.8, 4) is 0 Å². The van der Waals surface area contributed by atoms with Gasteiger partial charge in [-0.1, -0.05) is 0 Å². The van der Waals surface area contributed by atoms with Crippen LogP contribution in [-0.2, 0) is 9.59 Å². The highest BCUT2D eigenvalue weighted by molar-refractivity contribution is 7.99. The zero-order valence-electron chi connectivity index (χ0n) is 20.4. The minimum Gasteiger partial charge on any atom is -0.372 e. The van der Waals surface area contributed by atoms with Crippen LogP contribution in [0.1, 0.15) is 40.5 Å². The van der Waals surface area contributed by atoms with E-state index in [2.05, 4.69) is 48.1 Å². The second-order valence-corrected chi connectivity index (χ2v) is 8.87. The first-order valence-corrected chi connectivity index (χ1v) is 13.0. The molecule has 0 saturated heterocycles. The van der Waals surface area contributed by atoms with Crippen molar-refractivity contribution in [2.75, 3.05) is 58.1 Å². The number of thioether (sulfide) groups is 1. The molecule has 0 aromatic heterocycles. The van der Waals surface area contributed by atoms with Gasteiger partial charge in [-0.25, -0.2) is 0 Å². The summed E-state index contributed by atoms with van der Waals surface area (Å²) in [6.07, 6.45) is 0.855. The topological polar surface area (TPSA) is 64.7 Å². The predicted molar refractivity (Wildman–Crippen MR) is 144 cm³/mol. The highest BCUT2D eigenvalue weighted by Crippen LogP contribution is 2.19. The molecule has 0 saturated carbocycles. The van der Waals surface area contributed by atoms with Gasteiger partial charge >= 0.3 is 0 Å². The van der Waals surface area contributed by atoms with Crippen LogP contribution in [0, 0.1) is 0 Å². The number of carbonyl (C=O) groups is 2. The van der Waals surface area contributed by atoms with Crippen LogP contribution < -0.4 is 20.4 Å². The minimum absolute atomic E-state index is 0.00386. The third kappa shape index (κ3) is 9.00. The molecule has 0 aliphatic carbocycles. The molecule has 0 aliphatic rings. The number of benzene rings is 2. The summed E-state index contributed by atoms with van der Waals surface area (Å²) < 4.78 is 0. The Balaban J connectivity index is 1.63. The molecule has 2 aromatic carbocycles. The molecule has 6 nitrogen and oxygen atoms in total. The summed E-state index contributed by atoms with van der Waals surface area (Å²) in [4.78, 5) is 28.9. The Kier molecular flexibility index (Phi) is 11.7. The van der Waals surface area contributed by atoms with Gasteiger partial charge in [-0.3, -0.25) is 9.59 Å². The Morgan fingerprint density at radius 1 is 0.636 bits per heavy atom. The fourth-order valence-electron chi connectivity index (χ4n) is 3.57. The molecule has 0 unspecified atom stereocenters. The summed E-state index contributed by atoms with van der Waals surface area (Å²) in [6.45, 7) is 12.4. The zero-order chi connectivity index (χ0) is 24.1. The number of rotatable bonds is 14.